The zero-order valence-electron chi connectivity index (χ0n) is 12.2. The van der Waals surface area contributed by atoms with Crippen molar-refractivity contribution in [1.82, 2.24) is 0 Å². The molecule has 2 aliphatic heterocycles. The second-order valence-electron chi connectivity index (χ2n) is 6.90. The number of piperidine rings is 1. The van der Waals surface area contributed by atoms with E-state index in [0.717, 1.165) is 17.9 Å². The van der Waals surface area contributed by atoms with Crippen LogP contribution in [0.3, 0.4) is 0 Å². The predicted octanol–water partition coefficient (Wildman–Crippen LogP) is 0.651. The van der Waals surface area contributed by atoms with Gasteiger partial charge in [0.1, 0.15) is 18.2 Å². The van der Waals surface area contributed by atoms with Gasteiger partial charge in [0.05, 0.1) is 18.6 Å². The number of hydrogen-bond donors (Lipinski definition) is 2. The van der Waals surface area contributed by atoms with Gasteiger partial charge in [-0.3, -0.25) is 0 Å². The van der Waals surface area contributed by atoms with Crippen LogP contribution in [-0.4, -0.2) is 30.5 Å². The molecule has 1 spiro atoms. The Morgan fingerprint density at radius 3 is 3.05 bits per heavy atom. The quantitative estimate of drug-likeness (QED) is 0.745. The summed E-state index contributed by atoms with van der Waals surface area (Å²) in [6.45, 7) is 2.29. The van der Waals surface area contributed by atoms with Gasteiger partial charge in [-0.05, 0) is 19.1 Å². The summed E-state index contributed by atoms with van der Waals surface area (Å²) < 4.78 is 11.7. The molecule has 0 radical (unpaired) electrons. The van der Waals surface area contributed by atoms with Crippen molar-refractivity contribution in [2.45, 2.75) is 43.1 Å². The van der Waals surface area contributed by atoms with E-state index in [9.17, 15) is 5.11 Å². The van der Waals surface area contributed by atoms with Crippen LogP contribution in [0.4, 0.5) is 0 Å². The smallest absolute Gasteiger partial charge is 0.166 e. The maximum Gasteiger partial charge on any atom is 0.166 e. The van der Waals surface area contributed by atoms with Crippen LogP contribution < -0.4 is 14.8 Å². The number of quaternary nitrogens is 1. The standard InChI is InChI=1S/C17H19NO3/c1-8-10-4-5-12(19)16-17(10)7-11(18-8)9-3-6-13(20-2)15(21-16)14(9)17/h3-6,8,10-12,16,18-19H,7H2,1-2H3/p+1. The van der Waals surface area contributed by atoms with Gasteiger partial charge >= 0.3 is 0 Å². The minimum absolute atomic E-state index is 0.0633. The van der Waals surface area contributed by atoms with Crippen molar-refractivity contribution < 1.29 is 19.9 Å². The number of benzene rings is 1. The van der Waals surface area contributed by atoms with Crippen molar-refractivity contribution in [3.63, 3.8) is 0 Å². The van der Waals surface area contributed by atoms with Gasteiger partial charge in [-0.25, -0.2) is 0 Å². The molecular weight excluding hydrogens is 266 g/mol. The molecule has 3 N–H and O–H groups in total. The lowest BCUT2D eigenvalue weighted by atomic mass is 9.60. The Morgan fingerprint density at radius 1 is 1.38 bits per heavy atom. The van der Waals surface area contributed by atoms with Crippen LogP contribution >= 0.6 is 0 Å². The number of nitrogens with two attached hydrogens (primary N) is 1. The fraction of sp³-hybridized carbons (Fsp3) is 0.529. The van der Waals surface area contributed by atoms with Gasteiger partial charge in [0.25, 0.3) is 0 Å². The Hall–Kier alpha value is -1.52. The fourth-order valence-electron chi connectivity index (χ4n) is 5.39. The Balaban J connectivity index is 1.84. The molecule has 1 fully saturated rings. The van der Waals surface area contributed by atoms with Gasteiger partial charge in [-0.15, -0.1) is 0 Å². The van der Waals surface area contributed by atoms with Crippen LogP contribution in [0.15, 0.2) is 24.3 Å². The lowest BCUT2D eigenvalue weighted by Gasteiger charge is -2.46. The summed E-state index contributed by atoms with van der Waals surface area (Å²) in [5.41, 5.74) is 2.63. The predicted molar refractivity (Wildman–Crippen MR) is 76.5 cm³/mol. The molecule has 4 nitrogen and oxygen atoms in total. The van der Waals surface area contributed by atoms with Crippen LogP contribution in [0.25, 0.3) is 0 Å². The van der Waals surface area contributed by atoms with E-state index in [2.05, 4.69) is 24.4 Å². The number of methoxy groups -OCH3 is 1. The summed E-state index contributed by atoms with van der Waals surface area (Å²) in [5, 5.41) is 13.0. The van der Waals surface area contributed by atoms with Gasteiger partial charge in [-0.1, -0.05) is 12.2 Å². The van der Waals surface area contributed by atoms with Crippen molar-refractivity contribution in [1.29, 1.82) is 0 Å². The van der Waals surface area contributed by atoms with Crippen molar-refractivity contribution in [3.8, 4) is 11.5 Å². The third-order valence-electron chi connectivity index (χ3n) is 6.07. The average Bonchev–Trinajstić information content (AvgIpc) is 2.94. The summed E-state index contributed by atoms with van der Waals surface area (Å²) in [6.07, 6.45) is 4.49. The zero-order valence-corrected chi connectivity index (χ0v) is 12.2. The first-order valence-corrected chi connectivity index (χ1v) is 7.76. The van der Waals surface area contributed by atoms with E-state index in [4.69, 9.17) is 9.47 Å². The van der Waals surface area contributed by atoms with E-state index in [1.165, 1.54) is 11.1 Å². The van der Waals surface area contributed by atoms with Crippen LogP contribution in [0.2, 0.25) is 0 Å². The number of fused-ring (bicyclic) bond motifs is 2. The molecule has 0 amide bonds. The van der Waals surface area contributed by atoms with Crippen LogP contribution in [0, 0.1) is 5.92 Å². The third kappa shape index (κ3) is 1.17. The summed E-state index contributed by atoms with van der Waals surface area (Å²) >= 11 is 0. The second-order valence-corrected chi connectivity index (χ2v) is 6.90. The highest BCUT2D eigenvalue weighted by molar-refractivity contribution is 5.63. The van der Waals surface area contributed by atoms with E-state index in [1.807, 2.05) is 12.1 Å². The maximum absolute atomic E-state index is 10.5. The first-order valence-electron chi connectivity index (χ1n) is 7.76. The molecule has 21 heavy (non-hydrogen) atoms. The van der Waals surface area contributed by atoms with Gasteiger partial charge < -0.3 is 19.9 Å². The molecule has 0 aromatic heterocycles. The van der Waals surface area contributed by atoms with E-state index < -0.39 is 6.10 Å². The minimum atomic E-state index is -0.532. The number of aliphatic hydroxyl groups is 1. The normalized spacial score (nSPS) is 44.4. The summed E-state index contributed by atoms with van der Waals surface area (Å²) in [6, 6.07) is 5.19. The maximum atomic E-state index is 10.5. The molecule has 1 saturated heterocycles. The van der Waals surface area contributed by atoms with Crippen molar-refractivity contribution in [2.24, 2.45) is 5.92 Å². The van der Waals surface area contributed by atoms with Crippen LogP contribution in [0.5, 0.6) is 11.5 Å². The van der Waals surface area contributed by atoms with E-state index >= 15 is 0 Å². The largest absolute Gasteiger partial charge is 0.493 e. The van der Waals surface area contributed by atoms with Gasteiger partial charge in [-0.2, -0.15) is 0 Å². The number of aliphatic hydroxyl groups excluding tert-OH is 1. The SMILES string of the molecule is COc1ccc2c3c1OC1C(O)C=CC4C(C)[NH2+]C2CC341. The summed E-state index contributed by atoms with van der Waals surface area (Å²) in [5.74, 6) is 2.08. The molecule has 6 unspecified atom stereocenters. The van der Waals surface area contributed by atoms with Gasteiger partial charge in [0.2, 0.25) is 0 Å². The van der Waals surface area contributed by atoms with Crippen LogP contribution in [0.1, 0.15) is 30.5 Å². The van der Waals surface area contributed by atoms with Gasteiger partial charge in [0.15, 0.2) is 11.5 Å². The number of hydrogen-bond acceptors (Lipinski definition) is 3. The minimum Gasteiger partial charge on any atom is -0.493 e. The summed E-state index contributed by atoms with van der Waals surface area (Å²) in [4.78, 5) is 0. The molecular formula is C17H20NO3+. The Bertz CT molecular complexity index is 670. The first kappa shape index (κ1) is 12.1. The highest BCUT2D eigenvalue weighted by atomic mass is 16.5. The molecule has 1 aromatic rings. The number of ether oxygens (including phenoxy) is 2. The van der Waals surface area contributed by atoms with Crippen molar-refractivity contribution in [2.75, 3.05) is 7.11 Å². The third-order valence-corrected chi connectivity index (χ3v) is 6.07. The first-order chi connectivity index (χ1) is 10.2. The van der Waals surface area contributed by atoms with E-state index in [-0.39, 0.29) is 11.5 Å². The average molecular weight is 286 g/mol. The molecule has 110 valence electrons. The molecule has 2 bridgehead atoms. The second kappa shape index (κ2) is 3.62. The lowest BCUT2D eigenvalue weighted by Crippen LogP contribution is -2.94. The Kier molecular flexibility index (Phi) is 2.08. The molecule has 4 aliphatic rings. The summed E-state index contributed by atoms with van der Waals surface area (Å²) in [7, 11) is 1.68. The van der Waals surface area contributed by atoms with E-state index in [1.54, 1.807) is 7.11 Å². The monoisotopic (exact) mass is 286 g/mol. The highest BCUT2D eigenvalue weighted by Gasteiger charge is 2.68. The zero-order chi connectivity index (χ0) is 14.4. The Morgan fingerprint density at radius 2 is 2.24 bits per heavy atom. The molecule has 2 aliphatic carbocycles. The number of rotatable bonds is 1. The van der Waals surface area contributed by atoms with E-state index in [0.29, 0.717) is 18.0 Å². The van der Waals surface area contributed by atoms with Gasteiger partial charge in [0, 0.05) is 23.5 Å². The van der Waals surface area contributed by atoms with Crippen LogP contribution in [-0.2, 0) is 5.41 Å². The lowest BCUT2D eigenvalue weighted by molar-refractivity contribution is -0.740. The molecule has 0 saturated carbocycles. The molecule has 2 heterocycles. The van der Waals surface area contributed by atoms with Crippen molar-refractivity contribution in [3.05, 3.63) is 35.4 Å². The topological polar surface area (TPSA) is 55.3 Å². The molecule has 4 heteroatoms. The molecule has 5 rings (SSSR count). The molecule has 6 atom stereocenters. The fourth-order valence-corrected chi connectivity index (χ4v) is 5.39. The Labute approximate surface area is 123 Å². The van der Waals surface area contributed by atoms with Crippen molar-refractivity contribution >= 4 is 0 Å². The molecule has 1 aromatic carbocycles. The highest BCUT2D eigenvalue weighted by Crippen LogP contribution is 2.64.